The number of aryl methyl sites for hydroxylation is 1. The van der Waals surface area contributed by atoms with Gasteiger partial charge in [-0.1, -0.05) is 0 Å². The Hall–Kier alpha value is -0.780. The highest BCUT2D eigenvalue weighted by Crippen LogP contribution is 2.19. The van der Waals surface area contributed by atoms with Gasteiger partial charge in [0.1, 0.15) is 5.82 Å². The Labute approximate surface area is 97.5 Å². The van der Waals surface area contributed by atoms with Crippen molar-refractivity contribution in [2.24, 2.45) is 0 Å². The number of halogens is 2. The first kappa shape index (κ1) is 12.3. The van der Waals surface area contributed by atoms with Crippen LogP contribution in [0, 0.1) is 6.92 Å². The first-order valence-corrected chi connectivity index (χ1v) is 6.19. The maximum absolute atomic E-state index is 11.0. The molecule has 4 nitrogen and oxygen atoms in total. The summed E-state index contributed by atoms with van der Waals surface area (Å²) in [4.78, 5) is 7.16. The number of aromatic amines is 1. The molecule has 0 radical (unpaired) electrons. The van der Waals surface area contributed by atoms with E-state index in [4.69, 9.17) is 10.7 Å². The van der Waals surface area contributed by atoms with Crippen molar-refractivity contribution >= 4 is 43.2 Å². The minimum absolute atomic E-state index is 0. The fourth-order valence-electron chi connectivity index (χ4n) is 1.27. The van der Waals surface area contributed by atoms with Crippen LogP contribution in [0.2, 0.25) is 0 Å². The van der Waals surface area contributed by atoms with E-state index in [1.807, 2.05) is 0 Å². The summed E-state index contributed by atoms with van der Waals surface area (Å²) >= 11 is 0. The molecule has 0 amide bonds. The van der Waals surface area contributed by atoms with Crippen molar-refractivity contribution in [1.82, 2.24) is 9.97 Å². The number of nitrogens with zero attached hydrogens (tertiary/aromatic N) is 1. The largest absolute Gasteiger partial charge is 0.342 e. The van der Waals surface area contributed by atoms with Gasteiger partial charge in [-0.25, -0.2) is 13.4 Å². The van der Waals surface area contributed by atoms with Crippen LogP contribution < -0.4 is 0 Å². The summed E-state index contributed by atoms with van der Waals surface area (Å²) in [5.41, 5.74) is 1.40. The van der Waals surface area contributed by atoms with Crippen LogP contribution in [0.5, 0.6) is 0 Å². The number of hydrogen-bond acceptors (Lipinski definition) is 3. The number of nitrogens with one attached hydrogen (secondary N) is 1. The van der Waals surface area contributed by atoms with Gasteiger partial charge in [-0.2, -0.15) is 0 Å². The van der Waals surface area contributed by atoms with E-state index in [1.165, 1.54) is 12.1 Å². The smallest absolute Gasteiger partial charge is 0.261 e. The molecule has 1 heterocycles. The average Bonchev–Trinajstić information content (AvgIpc) is 2.41. The molecule has 0 aliphatic heterocycles. The normalized spacial score (nSPS) is 11.3. The predicted molar refractivity (Wildman–Crippen MR) is 61.1 cm³/mol. The molecule has 2 aromatic rings. The lowest BCUT2D eigenvalue weighted by molar-refractivity contribution is 0.609. The van der Waals surface area contributed by atoms with Crippen molar-refractivity contribution in [2.75, 3.05) is 0 Å². The topological polar surface area (TPSA) is 62.8 Å². The summed E-state index contributed by atoms with van der Waals surface area (Å²) < 4.78 is 22.0. The maximum Gasteiger partial charge on any atom is 0.261 e. The van der Waals surface area contributed by atoms with E-state index in [0.29, 0.717) is 5.52 Å². The Kier molecular flexibility index (Phi) is 3.28. The Balaban J connectivity index is 0.00000112. The Morgan fingerprint density at radius 1 is 1.40 bits per heavy atom. The molecule has 0 aliphatic rings. The van der Waals surface area contributed by atoms with Crippen molar-refractivity contribution in [2.45, 2.75) is 11.8 Å². The van der Waals surface area contributed by atoms with Crippen LogP contribution in [-0.2, 0) is 9.05 Å². The zero-order chi connectivity index (χ0) is 10.3. The third-order valence-corrected chi connectivity index (χ3v) is 3.20. The van der Waals surface area contributed by atoms with Crippen LogP contribution in [-0.4, -0.2) is 18.4 Å². The third kappa shape index (κ3) is 2.42. The van der Waals surface area contributed by atoms with E-state index < -0.39 is 9.05 Å². The van der Waals surface area contributed by atoms with Gasteiger partial charge in [-0.15, -0.1) is 12.4 Å². The van der Waals surface area contributed by atoms with Gasteiger partial charge in [0, 0.05) is 10.7 Å². The molecule has 0 saturated carbocycles. The standard InChI is InChI=1S/C8H7ClN2O2S.ClH/c1-5-10-7-3-2-6(14(9,12)13)4-8(7)11-5;/h2-4H,1H3,(H,10,11);1H. The highest BCUT2D eigenvalue weighted by molar-refractivity contribution is 8.13. The summed E-state index contributed by atoms with van der Waals surface area (Å²) in [5.74, 6) is 0.740. The van der Waals surface area contributed by atoms with Gasteiger partial charge in [-0.05, 0) is 25.1 Å². The number of benzene rings is 1. The van der Waals surface area contributed by atoms with E-state index in [-0.39, 0.29) is 17.3 Å². The second-order valence-corrected chi connectivity index (χ2v) is 5.50. The first-order chi connectivity index (χ1) is 6.47. The lowest BCUT2D eigenvalue weighted by atomic mass is 10.3. The molecule has 2 rings (SSSR count). The Morgan fingerprint density at radius 2 is 2.07 bits per heavy atom. The summed E-state index contributed by atoms with van der Waals surface area (Å²) in [6, 6.07) is 4.52. The SMILES string of the molecule is Cc1nc2ccc(S(=O)(=O)Cl)cc2[nH]1.Cl. The molecular weight excluding hydrogens is 259 g/mol. The van der Waals surface area contributed by atoms with Crippen molar-refractivity contribution in [3.63, 3.8) is 0 Å². The molecule has 1 N–H and O–H groups in total. The number of aromatic nitrogens is 2. The van der Waals surface area contributed by atoms with E-state index in [1.54, 1.807) is 13.0 Å². The highest BCUT2D eigenvalue weighted by atomic mass is 35.7. The van der Waals surface area contributed by atoms with Gasteiger partial charge in [-0.3, -0.25) is 0 Å². The molecular formula is C8H8Cl2N2O2S. The van der Waals surface area contributed by atoms with Gasteiger partial charge in [0.05, 0.1) is 15.9 Å². The van der Waals surface area contributed by atoms with Crippen LogP contribution in [0.1, 0.15) is 5.82 Å². The molecule has 0 bridgehead atoms. The van der Waals surface area contributed by atoms with Gasteiger partial charge in [0.15, 0.2) is 0 Å². The first-order valence-electron chi connectivity index (χ1n) is 3.88. The molecule has 15 heavy (non-hydrogen) atoms. The predicted octanol–water partition coefficient (Wildman–Crippen LogP) is 2.22. The number of rotatable bonds is 1. The lowest BCUT2D eigenvalue weighted by Gasteiger charge is -1.94. The zero-order valence-electron chi connectivity index (χ0n) is 7.69. The lowest BCUT2D eigenvalue weighted by Crippen LogP contribution is -1.89. The van der Waals surface area contributed by atoms with Crippen LogP contribution in [0.15, 0.2) is 23.1 Å². The van der Waals surface area contributed by atoms with Gasteiger partial charge in [0.2, 0.25) is 0 Å². The molecule has 7 heteroatoms. The quantitative estimate of drug-likeness (QED) is 0.806. The fourth-order valence-corrected chi connectivity index (χ4v) is 2.05. The fraction of sp³-hybridized carbons (Fsp3) is 0.125. The number of hydrogen-bond donors (Lipinski definition) is 1. The van der Waals surface area contributed by atoms with Crippen molar-refractivity contribution in [1.29, 1.82) is 0 Å². The summed E-state index contributed by atoms with van der Waals surface area (Å²) in [7, 11) is 1.54. The van der Waals surface area contributed by atoms with Crippen LogP contribution in [0.4, 0.5) is 0 Å². The van der Waals surface area contributed by atoms with Gasteiger partial charge >= 0.3 is 0 Å². The van der Waals surface area contributed by atoms with E-state index >= 15 is 0 Å². The minimum atomic E-state index is -3.66. The van der Waals surface area contributed by atoms with E-state index in [2.05, 4.69) is 9.97 Å². The average molecular weight is 267 g/mol. The molecule has 0 unspecified atom stereocenters. The summed E-state index contributed by atoms with van der Waals surface area (Å²) in [6.07, 6.45) is 0. The molecule has 0 aliphatic carbocycles. The van der Waals surface area contributed by atoms with Crippen molar-refractivity contribution in [3.8, 4) is 0 Å². The third-order valence-electron chi connectivity index (χ3n) is 1.85. The van der Waals surface area contributed by atoms with Crippen LogP contribution in [0.3, 0.4) is 0 Å². The molecule has 82 valence electrons. The minimum Gasteiger partial charge on any atom is -0.342 e. The Morgan fingerprint density at radius 3 is 2.67 bits per heavy atom. The summed E-state index contributed by atoms with van der Waals surface area (Å²) in [6.45, 7) is 1.80. The molecule has 0 fully saturated rings. The second-order valence-electron chi connectivity index (χ2n) is 2.94. The van der Waals surface area contributed by atoms with Crippen molar-refractivity contribution in [3.05, 3.63) is 24.0 Å². The van der Waals surface area contributed by atoms with E-state index in [0.717, 1.165) is 11.3 Å². The molecule has 0 atom stereocenters. The summed E-state index contributed by atoms with van der Waals surface area (Å²) in [5, 5.41) is 0. The van der Waals surface area contributed by atoms with Crippen molar-refractivity contribution < 1.29 is 8.42 Å². The number of imidazole rings is 1. The van der Waals surface area contributed by atoms with Gasteiger partial charge in [0.25, 0.3) is 9.05 Å². The highest BCUT2D eigenvalue weighted by Gasteiger charge is 2.11. The monoisotopic (exact) mass is 266 g/mol. The maximum atomic E-state index is 11.0. The van der Waals surface area contributed by atoms with Crippen LogP contribution in [0.25, 0.3) is 11.0 Å². The molecule has 0 spiro atoms. The van der Waals surface area contributed by atoms with Crippen LogP contribution >= 0.6 is 23.1 Å². The second kappa shape index (κ2) is 4.00. The Bertz CT molecular complexity index is 592. The number of fused-ring (bicyclic) bond motifs is 1. The molecule has 1 aromatic carbocycles. The van der Waals surface area contributed by atoms with Gasteiger partial charge < -0.3 is 4.98 Å². The number of H-pyrrole nitrogens is 1. The molecule has 1 aromatic heterocycles. The van der Waals surface area contributed by atoms with E-state index in [9.17, 15) is 8.42 Å². The molecule has 0 saturated heterocycles. The zero-order valence-corrected chi connectivity index (χ0v) is 10.1.